The third kappa shape index (κ3) is 3.65. The van der Waals surface area contributed by atoms with Gasteiger partial charge in [0.05, 0.1) is 5.54 Å². The molecule has 2 rings (SSSR count). The minimum Gasteiger partial charge on any atom is -0.354 e. The third-order valence-electron chi connectivity index (χ3n) is 4.78. The summed E-state index contributed by atoms with van der Waals surface area (Å²) < 4.78 is 0. The fourth-order valence-corrected chi connectivity index (χ4v) is 3.00. The van der Waals surface area contributed by atoms with E-state index in [1.165, 1.54) is 11.1 Å². The molecule has 0 aromatic heterocycles. The van der Waals surface area contributed by atoms with Gasteiger partial charge in [0.15, 0.2) is 0 Å². The predicted molar refractivity (Wildman–Crippen MR) is 87.2 cm³/mol. The van der Waals surface area contributed by atoms with E-state index >= 15 is 0 Å². The van der Waals surface area contributed by atoms with Crippen molar-refractivity contribution in [3.05, 3.63) is 35.4 Å². The zero-order chi connectivity index (χ0) is 15.5. The lowest BCUT2D eigenvalue weighted by atomic mass is 9.83. The van der Waals surface area contributed by atoms with Crippen molar-refractivity contribution < 1.29 is 4.79 Å². The first-order valence-electron chi connectivity index (χ1n) is 8.04. The van der Waals surface area contributed by atoms with E-state index in [1.54, 1.807) is 0 Å². The van der Waals surface area contributed by atoms with Crippen LogP contribution in [0.15, 0.2) is 24.3 Å². The quantitative estimate of drug-likeness (QED) is 0.875. The molecule has 0 unspecified atom stereocenters. The Kier molecular flexibility index (Phi) is 4.72. The summed E-state index contributed by atoms with van der Waals surface area (Å²) in [5.41, 5.74) is 8.06. The molecule has 3 nitrogen and oxygen atoms in total. The maximum absolute atomic E-state index is 12.3. The van der Waals surface area contributed by atoms with E-state index in [1.807, 2.05) is 0 Å². The molecule has 0 bridgehead atoms. The van der Waals surface area contributed by atoms with Crippen LogP contribution >= 0.6 is 0 Å². The lowest BCUT2D eigenvalue weighted by Gasteiger charge is -2.29. The van der Waals surface area contributed by atoms with Gasteiger partial charge in [-0.25, -0.2) is 0 Å². The molecule has 0 spiro atoms. The first kappa shape index (κ1) is 16.0. The number of benzene rings is 1. The van der Waals surface area contributed by atoms with E-state index in [9.17, 15) is 4.79 Å². The fraction of sp³-hybridized carbons (Fsp3) is 0.611. The lowest BCUT2D eigenvalue weighted by Crippen LogP contribution is -2.53. The van der Waals surface area contributed by atoms with Gasteiger partial charge in [0.1, 0.15) is 0 Å². The summed E-state index contributed by atoms with van der Waals surface area (Å²) >= 11 is 0. The van der Waals surface area contributed by atoms with E-state index in [0.717, 1.165) is 32.1 Å². The zero-order valence-corrected chi connectivity index (χ0v) is 13.5. The van der Waals surface area contributed by atoms with Gasteiger partial charge < -0.3 is 11.1 Å². The highest BCUT2D eigenvalue weighted by Crippen LogP contribution is 2.28. The van der Waals surface area contributed by atoms with Crippen LogP contribution in [-0.4, -0.2) is 18.0 Å². The third-order valence-corrected chi connectivity index (χ3v) is 4.78. The summed E-state index contributed by atoms with van der Waals surface area (Å²) in [5, 5.41) is 3.07. The molecule has 0 saturated heterocycles. The van der Waals surface area contributed by atoms with E-state index in [4.69, 9.17) is 5.73 Å². The molecule has 0 atom stereocenters. The minimum absolute atomic E-state index is 0.0123. The molecule has 0 heterocycles. The average Bonchev–Trinajstić information content (AvgIpc) is 2.93. The Morgan fingerprint density at radius 2 is 1.81 bits per heavy atom. The number of nitrogens with two attached hydrogens (primary N) is 1. The van der Waals surface area contributed by atoms with Crippen LogP contribution in [0.4, 0.5) is 0 Å². The van der Waals surface area contributed by atoms with Gasteiger partial charge in [-0.05, 0) is 30.4 Å². The van der Waals surface area contributed by atoms with Crippen LogP contribution in [0, 0.1) is 0 Å². The average molecular weight is 288 g/mol. The largest absolute Gasteiger partial charge is 0.354 e. The first-order chi connectivity index (χ1) is 9.87. The minimum atomic E-state index is -0.637. The van der Waals surface area contributed by atoms with Crippen LogP contribution in [0.2, 0.25) is 0 Å². The maximum Gasteiger partial charge on any atom is 0.240 e. The SMILES string of the molecule is CCc1ccc(C(C)(C)CNC(=O)C2(N)CCCC2)cc1. The second kappa shape index (κ2) is 6.18. The van der Waals surface area contributed by atoms with Gasteiger partial charge in [0.2, 0.25) is 5.91 Å². The van der Waals surface area contributed by atoms with Gasteiger partial charge in [-0.3, -0.25) is 4.79 Å². The van der Waals surface area contributed by atoms with Crippen LogP contribution in [0.1, 0.15) is 57.6 Å². The standard InChI is InChI=1S/C18H28N2O/c1-4-14-7-9-15(10-8-14)17(2,3)13-20-16(21)18(19)11-5-6-12-18/h7-10H,4-6,11-13,19H2,1-3H3,(H,20,21). The second-order valence-electron chi connectivity index (χ2n) is 6.98. The number of amides is 1. The van der Waals surface area contributed by atoms with Crippen molar-refractivity contribution in [3.63, 3.8) is 0 Å². The second-order valence-corrected chi connectivity index (χ2v) is 6.98. The smallest absolute Gasteiger partial charge is 0.240 e. The van der Waals surface area contributed by atoms with Gasteiger partial charge in [-0.2, -0.15) is 0 Å². The summed E-state index contributed by atoms with van der Waals surface area (Å²) in [6, 6.07) is 8.66. The molecular formula is C18H28N2O. The van der Waals surface area contributed by atoms with Crippen molar-refractivity contribution in [1.82, 2.24) is 5.32 Å². The van der Waals surface area contributed by atoms with Gasteiger partial charge in [-0.15, -0.1) is 0 Å². The Bertz CT molecular complexity index is 484. The Morgan fingerprint density at radius 1 is 1.24 bits per heavy atom. The lowest BCUT2D eigenvalue weighted by molar-refractivity contribution is -0.126. The fourth-order valence-electron chi connectivity index (χ4n) is 3.00. The molecule has 21 heavy (non-hydrogen) atoms. The topological polar surface area (TPSA) is 55.1 Å². The zero-order valence-electron chi connectivity index (χ0n) is 13.5. The monoisotopic (exact) mass is 288 g/mol. The normalized spacial score (nSPS) is 17.7. The Balaban J connectivity index is 1.98. The number of rotatable bonds is 5. The Labute approximate surface area is 128 Å². The molecule has 1 aromatic rings. The first-order valence-corrected chi connectivity index (χ1v) is 8.04. The van der Waals surface area contributed by atoms with Crippen molar-refractivity contribution >= 4 is 5.91 Å². The highest BCUT2D eigenvalue weighted by molar-refractivity contribution is 5.86. The Hall–Kier alpha value is -1.35. The summed E-state index contributed by atoms with van der Waals surface area (Å²) in [5.74, 6) is 0.0123. The van der Waals surface area contributed by atoms with E-state index in [-0.39, 0.29) is 11.3 Å². The van der Waals surface area contributed by atoms with Gasteiger partial charge in [-0.1, -0.05) is 57.9 Å². The molecule has 1 saturated carbocycles. The summed E-state index contributed by atoms with van der Waals surface area (Å²) in [7, 11) is 0. The molecule has 1 amide bonds. The molecular weight excluding hydrogens is 260 g/mol. The molecule has 1 aliphatic carbocycles. The van der Waals surface area contributed by atoms with Crippen molar-refractivity contribution in [2.24, 2.45) is 5.73 Å². The maximum atomic E-state index is 12.3. The number of carbonyl (C=O) groups excluding carboxylic acids is 1. The summed E-state index contributed by atoms with van der Waals surface area (Å²) in [6.07, 6.45) is 4.79. The number of carbonyl (C=O) groups is 1. The van der Waals surface area contributed by atoms with Crippen molar-refractivity contribution in [3.8, 4) is 0 Å². The molecule has 0 aliphatic heterocycles. The summed E-state index contributed by atoms with van der Waals surface area (Å²) in [4.78, 5) is 12.3. The molecule has 3 N–H and O–H groups in total. The number of aryl methyl sites for hydroxylation is 1. The van der Waals surface area contributed by atoms with Crippen LogP contribution in [-0.2, 0) is 16.6 Å². The van der Waals surface area contributed by atoms with Crippen molar-refractivity contribution in [2.75, 3.05) is 6.54 Å². The molecule has 1 aliphatic rings. The number of hydrogen-bond acceptors (Lipinski definition) is 2. The van der Waals surface area contributed by atoms with Crippen molar-refractivity contribution in [2.45, 2.75) is 63.8 Å². The Morgan fingerprint density at radius 3 is 2.33 bits per heavy atom. The van der Waals surface area contributed by atoms with Gasteiger partial charge in [0.25, 0.3) is 0 Å². The molecule has 1 aromatic carbocycles. The summed E-state index contributed by atoms with van der Waals surface area (Å²) in [6.45, 7) is 7.09. The van der Waals surface area contributed by atoms with E-state index < -0.39 is 5.54 Å². The number of nitrogens with one attached hydrogen (secondary N) is 1. The van der Waals surface area contributed by atoms with Crippen LogP contribution in [0.25, 0.3) is 0 Å². The molecule has 3 heteroatoms. The van der Waals surface area contributed by atoms with E-state index in [2.05, 4.69) is 50.4 Å². The highest BCUT2D eigenvalue weighted by Gasteiger charge is 2.37. The van der Waals surface area contributed by atoms with Crippen LogP contribution < -0.4 is 11.1 Å². The molecule has 116 valence electrons. The molecule has 0 radical (unpaired) electrons. The van der Waals surface area contributed by atoms with Gasteiger partial charge in [0, 0.05) is 12.0 Å². The number of hydrogen-bond donors (Lipinski definition) is 2. The van der Waals surface area contributed by atoms with Gasteiger partial charge >= 0.3 is 0 Å². The van der Waals surface area contributed by atoms with Crippen LogP contribution in [0.5, 0.6) is 0 Å². The van der Waals surface area contributed by atoms with Crippen molar-refractivity contribution in [1.29, 1.82) is 0 Å². The predicted octanol–water partition coefficient (Wildman–Crippen LogP) is 2.91. The molecule has 1 fully saturated rings. The highest BCUT2D eigenvalue weighted by atomic mass is 16.2. The van der Waals surface area contributed by atoms with Crippen LogP contribution in [0.3, 0.4) is 0 Å². The van der Waals surface area contributed by atoms with E-state index in [0.29, 0.717) is 6.54 Å².